The summed E-state index contributed by atoms with van der Waals surface area (Å²) in [4.78, 5) is 14.9. The van der Waals surface area contributed by atoms with E-state index in [4.69, 9.17) is 0 Å². The van der Waals surface area contributed by atoms with Crippen LogP contribution in [0.5, 0.6) is 0 Å². The molecule has 1 aromatic rings. The highest BCUT2D eigenvalue weighted by Crippen LogP contribution is 2.63. The van der Waals surface area contributed by atoms with Crippen molar-refractivity contribution in [3.8, 4) is 0 Å². The first-order valence-corrected chi connectivity index (χ1v) is 8.76. The van der Waals surface area contributed by atoms with Crippen LogP contribution >= 0.6 is 0 Å². The molecule has 1 aliphatic heterocycles. The largest absolute Gasteiger partial charge is 0.392 e. The zero-order valence-electron chi connectivity index (χ0n) is 14.8. The number of rotatable bonds is 0. The average Bonchev–Trinajstić information content (AvgIpc) is 2.68. The van der Waals surface area contributed by atoms with Crippen LogP contribution in [-0.2, 0) is 4.79 Å². The highest BCUT2D eigenvalue weighted by molar-refractivity contribution is 6.05. The van der Waals surface area contributed by atoms with E-state index in [1.54, 1.807) is 0 Å². The van der Waals surface area contributed by atoms with E-state index in [-0.39, 0.29) is 40.6 Å². The Hall–Kier alpha value is -1.35. The molecule has 4 atom stereocenters. The Labute approximate surface area is 138 Å². The van der Waals surface area contributed by atoms with Crippen LogP contribution < -0.4 is 4.90 Å². The summed E-state index contributed by atoms with van der Waals surface area (Å²) in [5.41, 5.74) is 3.27. The molecule has 23 heavy (non-hydrogen) atoms. The van der Waals surface area contributed by atoms with Crippen molar-refractivity contribution in [2.24, 2.45) is 16.7 Å². The second-order valence-corrected chi connectivity index (χ2v) is 9.03. The monoisotopic (exact) mass is 313 g/mol. The number of carbonyl (C=O) groups excluding carboxylic acids is 1. The van der Waals surface area contributed by atoms with Crippen LogP contribution in [0.2, 0.25) is 0 Å². The number of benzene rings is 1. The first-order valence-electron chi connectivity index (χ1n) is 8.76. The topological polar surface area (TPSA) is 40.5 Å². The van der Waals surface area contributed by atoms with Crippen molar-refractivity contribution in [1.82, 2.24) is 0 Å². The average molecular weight is 313 g/mol. The molecule has 1 heterocycles. The molecule has 2 bridgehead atoms. The van der Waals surface area contributed by atoms with Crippen molar-refractivity contribution in [1.29, 1.82) is 0 Å². The highest BCUT2D eigenvalue weighted by Gasteiger charge is 2.59. The predicted molar refractivity (Wildman–Crippen MR) is 91.6 cm³/mol. The minimum Gasteiger partial charge on any atom is -0.392 e. The van der Waals surface area contributed by atoms with Gasteiger partial charge in [0, 0.05) is 18.7 Å². The summed E-state index contributed by atoms with van der Waals surface area (Å²) in [6, 6.07) is 6.25. The van der Waals surface area contributed by atoms with Gasteiger partial charge in [-0.15, -0.1) is 0 Å². The Bertz CT molecular complexity index is 691. The van der Waals surface area contributed by atoms with Crippen molar-refractivity contribution in [2.75, 3.05) is 11.9 Å². The fourth-order valence-electron chi connectivity index (χ4n) is 5.75. The van der Waals surface area contributed by atoms with Gasteiger partial charge in [0.15, 0.2) is 0 Å². The molecule has 3 aliphatic rings. The van der Waals surface area contributed by atoms with E-state index in [2.05, 4.69) is 39.8 Å². The second-order valence-electron chi connectivity index (χ2n) is 9.03. The maximum Gasteiger partial charge on any atom is 0.234 e. The molecule has 3 heteroatoms. The number of hydrogen-bond acceptors (Lipinski definition) is 2. The molecule has 0 spiro atoms. The van der Waals surface area contributed by atoms with Crippen molar-refractivity contribution in [3.05, 3.63) is 29.3 Å². The molecule has 1 aromatic carbocycles. The van der Waals surface area contributed by atoms with Gasteiger partial charge in [0.25, 0.3) is 0 Å². The maximum absolute atomic E-state index is 13.0. The van der Waals surface area contributed by atoms with Crippen LogP contribution in [0.15, 0.2) is 18.2 Å². The van der Waals surface area contributed by atoms with Crippen molar-refractivity contribution in [3.63, 3.8) is 0 Å². The number of carbonyl (C=O) groups is 1. The Morgan fingerprint density at radius 3 is 2.61 bits per heavy atom. The molecule has 124 valence electrons. The van der Waals surface area contributed by atoms with E-state index in [0.29, 0.717) is 0 Å². The van der Waals surface area contributed by atoms with E-state index < -0.39 is 0 Å². The van der Waals surface area contributed by atoms with E-state index in [1.165, 1.54) is 11.1 Å². The fourth-order valence-corrected chi connectivity index (χ4v) is 5.75. The van der Waals surface area contributed by atoms with Crippen LogP contribution in [0, 0.1) is 16.7 Å². The van der Waals surface area contributed by atoms with Crippen LogP contribution in [0.25, 0.3) is 0 Å². The molecule has 0 saturated heterocycles. The molecule has 1 fully saturated rings. The summed E-state index contributed by atoms with van der Waals surface area (Å²) in [5.74, 6) is 0.341. The zero-order chi connectivity index (χ0) is 16.7. The molecular formula is C20H27NO2. The predicted octanol–water partition coefficient (Wildman–Crippen LogP) is 3.67. The molecular weight excluding hydrogens is 286 g/mol. The minimum atomic E-state index is -0.371. The molecule has 1 amide bonds. The first-order chi connectivity index (χ1) is 10.7. The second kappa shape index (κ2) is 4.38. The normalized spacial score (nSPS) is 36.6. The number of aliphatic hydroxyl groups excluding tert-OH is 1. The number of hydrogen-bond donors (Lipinski definition) is 1. The Balaban J connectivity index is 2.06. The lowest BCUT2D eigenvalue weighted by Crippen LogP contribution is -2.48. The summed E-state index contributed by atoms with van der Waals surface area (Å²) in [5, 5.41) is 11.2. The van der Waals surface area contributed by atoms with Gasteiger partial charge in [0.2, 0.25) is 5.91 Å². The molecule has 1 N–H and O–H groups in total. The number of aliphatic hydroxyl groups is 1. The lowest BCUT2D eigenvalue weighted by molar-refractivity contribution is -0.124. The molecule has 0 radical (unpaired) electrons. The van der Waals surface area contributed by atoms with Gasteiger partial charge < -0.3 is 10.0 Å². The van der Waals surface area contributed by atoms with Gasteiger partial charge in [0.05, 0.1) is 12.0 Å². The molecule has 3 nitrogen and oxygen atoms in total. The number of fused-ring (bicyclic) bond motifs is 3. The van der Waals surface area contributed by atoms with E-state index in [9.17, 15) is 9.90 Å². The molecule has 0 aromatic heterocycles. The number of likely N-dealkylation sites (N-methyl/N-ethyl adjacent to an activating group) is 1. The Morgan fingerprint density at radius 2 is 1.91 bits per heavy atom. The number of amides is 1. The zero-order valence-corrected chi connectivity index (χ0v) is 14.8. The van der Waals surface area contributed by atoms with Gasteiger partial charge >= 0.3 is 0 Å². The quantitative estimate of drug-likeness (QED) is 0.794. The van der Waals surface area contributed by atoms with Crippen LogP contribution in [0.4, 0.5) is 5.69 Å². The molecule has 2 aliphatic carbocycles. The van der Waals surface area contributed by atoms with E-state index in [1.807, 2.05) is 18.0 Å². The van der Waals surface area contributed by atoms with Gasteiger partial charge in [-0.25, -0.2) is 0 Å². The van der Waals surface area contributed by atoms with Gasteiger partial charge in [-0.1, -0.05) is 39.8 Å². The van der Waals surface area contributed by atoms with Gasteiger partial charge in [-0.05, 0) is 46.8 Å². The third-order valence-corrected chi connectivity index (χ3v) is 7.07. The van der Waals surface area contributed by atoms with Crippen molar-refractivity contribution < 1.29 is 9.90 Å². The molecule has 4 rings (SSSR count). The van der Waals surface area contributed by atoms with E-state index in [0.717, 1.165) is 18.5 Å². The first kappa shape index (κ1) is 15.2. The number of anilines is 1. The summed E-state index contributed by atoms with van der Waals surface area (Å²) in [7, 11) is 1.89. The Kier molecular flexibility index (Phi) is 2.90. The molecule has 0 unspecified atom stereocenters. The van der Waals surface area contributed by atoms with Gasteiger partial charge in [-0.2, -0.15) is 0 Å². The smallest absolute Gasteiger partial charge is 0.234 e. The van der Waals surface area contributed by atoms with Crippen molar-refractivity contribution >= 4 is 11.6 Å². The third-order valence-electron chi connectivity index (χ3n) is 7.07. The maximum atomic E-state index is 13.0. The standard InChI is InChI=1S/C20H27NO2/c1-19(2)10-9-12-17(22)15(19)11-7-6-8-13-14(11)16(20(12,3)4)18(23)21(13)5/h6-8,12,15-17,22H,9-10H2,1-5H3/t12-,15-,16+,17-/m0/s1. The van der Waals surface area contributed by atoms with E-state index >= 15 is 0 Å². The highest BCUT2D eigenvalue weighted by atomic mass is 16.3. The minimum absolute atomic E-state index is 0.0558. The summed E-state index contributed by atoms with van der Waals surface area (Å²) < 4.78 is 0. The van der Waals surface area contributed by atoms with Gasteiger partial charge in [0.1, 0.15) is 0 Å². The SMILES string of the molecule is CN1C(=O)[C@H]2c3c(cccc31)[C@H]1[C@@H](O)[C@H](CCC1(C)C)C2(C)C. The van der Waals surface area contributed by atoms with Crippen LogP contribution in [0.1, 0.15) is 63.5 Å². The lowest BCUT2D eigenvalue weighted by Gasteiger charge is -2.49. The number of nitrogens with zero attached hydrogens (tertiary/aromatic N) is 1. The Morgan fingerprint density at radius 1 is 1.22 bits per heavy atom. The summed E-state index contributed by atoms with van der Waals surface area (Å²) in [6.07, 6.45) is 1.72. The summed E-state index contributed by atoms with van der Waals surface area (Å²) >= 11 is 0. The van der Waals surface area contributed by atoms with Crippen molar-refractivity contribution in [2.45, 2.75) is 58.5 Å². The fraction of sp³-hybridized carbons (Fsp3) is 0.650. The van der Waals surface area contributed by atoms with Crippen LogP contribution in [-0.4, -0.2) is 24.2 Å². The summed E-state index contributed by atoms with van der Waals surface area (Å²) in [6.45, 7) is 8.91. The third kappa shape index (κ3) is 1.72. The van der Waals surface area contributed by atoms with Crippen LogP contribution in [0.3, 0.4) is 0 Å². The van der Waals surface area contributed by atoms with Gasteiger partial charge in [-0.3, -0.25) is 4.79 Å². The molecule has 1 saturated carbocycles. The lowest BCUT2D eigenvalue weighted by atomic mass is 9.57.